The third-order valence-corrected chi connectivity index (χ3v) is 7.09. The van der Waals surface area contributed by atoms with Crippen LogP contribution in [-0.4, -0.2) is 11.6 Å². The molecule has 3 rings (SSSR count). The predicted molar refractivity (Wildman–Crippen MR) is 163 cm³/mol. The molecule has 0 bridgehead atoms. The van der Waals surface area contributed by atoms with Gasteiger partial charge in [-0.1, -0.05) is 107 Å². The third kappa shape index (κ3) is 6.52. The summed E-state index contributed by atoms with van der Waals surface area (Å²) < 4.78 is 0. The van der Waals surface area contributed by atoms with Gasteiger partial charge in [-0.05, 0) is 80.4 Å². The Morgan fingerprint density at radius 2 is 0.684 bits per heavy atom. The fourth-order valence-corrected chi connectivity index (χ4v) is 4.83. The van der Waals surface area contributed by atoms with Gasteiger partial charge in [0, 0.05) is 22.3 Å². The smallest absolute Gasteiger partial charge is 0.186 e. The van der Waals surface area contributed by atoms with E-state index in [9.17, 15) is 9.59 Å². The minimum absolute atomic E-state index is 0.143. The van der Waals surface area contributed by atoms with E-state index in [-0.39, 0.29) is 33.2 Å². The molecule has 0 saturated heterocycles. The third-order valence-electron chi connectivity index (χ3n) is 7.09. The molecular weight excluding hydrogens is 464 g/mol. The van der Waals surface area contributed by atoms with Crippen LogP contribution in [0.1, 0.15) is 94.2 Å². The van der Waals surface area contributed by atoms with Gasteiger partial charge in [0.05, 0.1) is 0 Å². The maximum Gasteiger partial charge on any atom is 0.186 e. The van der Waals surface area contributed by atoms with E-state index >= 15 is 0 Å². The SMILES string of the molecule is CC(C)(C)C1=CC(=Cc2ccccc2C=C2C=C(C(C)(C)C)C(=O)C(C(C)(C)C)=C2)C=C(C(C)(C)C)C1=O. The number of rotatable bonds is 2. The number of Topliss-reactive ketones (excluding diaryl/α,β-unsaturated/α-hetero) is 2. The molecule has 0 saturated carbocycles. The van der Waals surface area contributed by atoms with Crippen LogP contribution in [0.2, 0.25) is 0 Å². The zero-order valence-electron chi connectivity index (χ0n) is 25.6. The molecule has 1 aromatic carbocycles. The molecule has 0 heterocycles. The Labute approximate surface area is 231 Å². The van der Waals surface area contributed by atoms with Crippen molar-refractivity contribution in [2.45, 2.75) is 83.1 Å². The Morgan fingerprint density at radius 3 is 0.895 bits per heavy atom. The van der Waals surface area contributed by atoms with E-state index in [4.69, 9.17) is 0 Å². The molecule has 1 aromatic rings. The highest BCUT2D eigenvalue weighted by molar-refractivity contribution is 6.13. The maximum atomic E-state index is 13.4. The molecule has 0 unspecified atom stereocenters. The van der Waals surface area contributed by atoms with Crippen molar-refractivity contribution in [2.24, 2.45) is 21.7 Å². The maximum absolute atomic E-state index is 13.4. The molecule has 202 valence electrons. The number of ketones is 2. The first-order chi connectivity index (χ1) is 17.2. The number of hydrogen-bond donors (Lipinski definition) is 0. The molecule has 0 radical (unpaired) electrons. The highest BCUT2D eigenvalue weighted by atomic mass is 16.1. The molecule has 0 atom stereocenters. The van der Waals surface area contributed by atoms with Crippen molar-refractivity contribution >= 4 is 23.7 Å². The van der Waals surface area contributed by atoms with Crippen molar-refractivity contribution in [1.29, 1.82) is 0 Å². The largest absolute Gasteiger partial charge is 0.289 e. The van der Waals surface area contributed by atoms with Crippen LogP contribution in [0.5, 0.6) is 0 Å². The van der Waals surface area contributed by atoms with Gasteiger partial charge in [-0.3, -0.25) is 9.59 Å². The van der Waals surface area contributed by atoms with Crippen LogP contribution in [0.4, 0.5) is 0 Å². The van der Waals surface area contributed by atoms with E-state index in [1.165, 1.54) is 0 Å². The van der Waals surface area contributed by atoms with E-state index in [1.54, 1.807) is 0 Å². The molecule has 2 aliphatic carbocycles. The van der Waals surface area contributed by atoms with Crippen molar-refractivity contribution in [3.8, 4) is 0 Å². The van der Waals surface area contributed by atoms with Crippen molar-refractivity contribution in [1.82, 2.24) is 0 Å². The standard InChI is InChI=1S/C36H46O2/c1-33(2,3)27-19-23(20-28(31(27)37)34(4,5)6)17-25-15-13-14-16-26(25)18-24-21-29(35(7,8)9)32(38)30(22-24)36(10,11)12/h13-22H,1-12H3. The summed E-state index contributed by atoms with van der Waals surface area (Å²) in [5.74, 6) is 0.285. The van der Waals surface area contributed by atoms with Crippen LogP contribution < -0.4 is 0 Å². The van der Waals surface area contributed by atoms with Crippen LogP contribution in [0.25, 0.3) is 12.2 Å². The molecular formula is C36H46O2. The molecule has 0 spiro atoms. The quantitative estimate of drug-likeness (QED) is 0.397. The Morgan fingerprint density at radius 1 is 0.447 bits per heavy atom. The molecule has 2 nitrogen and oxygen atoms in total. The van der Waals surface area contributed by atoms with Gasteiger partial charge in [0.15, 0.2) is 11.6 Å². The monoisotopic (exact) mass is 510 g/mol. The first-order valence-corrected chi connectivity index (χ1v) is 13.7. The molecule has 0 aromatic heterocycles. The highest BCUT2D eigenvalue weighted by Crippen LogP contribution is 2.41. The van der Waals surface area contributed by atoms with E-state index in [2.05, 4.69) is 132 Å². The lowest BCUT2D eigenvalue weighted by atomic mass is 9.71. The molecule has 0 amide bonds. The van der Waals surface area contributed by atoms with E-state index in [0.717, 1.165) is 44.6 Å². The van der Waals surface area contributed by atoms with Gasteiger partial charge in [-0.2, -0.15) is 0 Å². The van der Waals surface area contributed by atoms with Gasteiger partial charge in [0.1, 0.15) is 0 Å². The second kappa shape index (κ2) is 9.95. The normalized spacial score (nSPS) is 17.6. The summed E-state index contributed by atoms with van der Waals surface area (Å²) in [6.07, 6.45) is 12.6. The van der Waals surface area contributed by atoms with Gasteiger partial charge >= 0.3 is 0 Å². The highest BCUT2D eigenvalue weighted by Gasteiger charge is 2.35. The predicted octanol–water partition coefficient (Wildman–Crippen LogP) is 9.51. The van der Waals surface area contributed by atoms with E-state index in [1.807, 2.05) is 12.1 Å². The lowest BCUT2D eigenvalue weighted by molar-refractivity contribution is -0.114. The molecule has 2 aliphatic rings. The Kier molecular flexibility index (Phi) is 7.74. The van der Waals surface area contributed by atoms with Gasteiger partial charge in [0.2, 0.25) is 0 Å². The van der Waals surface area contributed by atoms with Crippen molar-refractivity contribution in [2.75, 3.05) is 0 Å². The first kappa shape index (κ1) is 29.6. The van der Waals surface area contributed by atoms with E-state index in [0.29, 0.717) is 0 Å². The van der Waals surface area contributed by atoms with Crippen molar-refractivity contribution in [3.63, 3.8) is 0 Å². The van der Waals surface area contributed by atoms with Crippen LogP contribution in [-0.2, 0) is 9.59 Å². The molecule has 0 fully saturated rings. The minimum atomic E-state index is -0.251. The van der Waals surface area contributed by atoms with Gasteiger partial charge in [-0.25, -0.2) is 0 Å². The number of benzene rings is 1. The fourth-order valence-electron chi connectivity index (χ4n) is 4.83. The minimum Gasteiger partial charge on any atom is -0.289 e. The second-order valence-electron chi connectivity index (χ2n) is 14.8. The summed E-state index contributed by atoms with van der Waals surface area (Å²) >= 11 is 0. The lowest BCUT2D eigenvalue weighted by Crippen LogP contribution is -2.28. The Balaban J connectivity index is 2.21. The number of allylic oxidation sites excluding steroid dienone is 10. The van der Waals surface area contributed by atoms with Crippen LogP contribution in [0.15, 0.2) is 82.0 Å². The zero-order valence-corrected chi connectivity index (χ0v) is 25.6. The van der Waals surface area contributed by atoms with Gasteiger partial charge < -0.3 is 0 Å². The van der Waals surface area contributed by atoms with Crippen molar-refractivity contribution < 1.29 is 9.59 Å². The average molecular weight is 511 g/mol. The van der Waals surface area contributed by atoms with Crippen LogP contribution in [0, 0.1) is 21.7 Å². The zero-order chi connectivity index (χ0) is 28.8. The second-order valence-corrected chi connectivity index (χ2v) is 14.8. The Hall–Kier alpha value is -3.00. The molecule has 38 heavy (non-hydrogen) atoms. The number of hydrogen-bond acceptors (Lipinski definition) is 2. The lowest BCUT2D eigenvalue weighted by Gasteiger charge is -2.31. The summed E-state index contributed by atoms with van der Waals surface area (Å²) in [6, 6.07) is 8.31. The topological polar surface area (TPSA) is 34.1 Å². The van der Waals surface area contributed by atoms with Gasteiger partial charge in [0.25, 0.3) is 0 Å². The molecule has 2 heteroatoms. The van der Waals surface area contributed by atoms with Crippen LogP contribution in [0.3, 0.4) is 0 Å². The average Bonchev–Trinajstić information content (AvgIpc) is 2.74. The van der Waals surface area contributed by atoms with Crippen LogP contribution >= 0.6 is 0 Å². The number of carbonyl (C=O) groups is 2. The molecule has 0 aliphatic heterocycles. The summed E-state index contributed by atoms with van der Waals surface area (Å²) in [7, 11) is 0. The van der Waals surface area contributed by atoms with E-state index < -0.39 is 0 Å². The van der Waals surface area contributed by atoms with Crippen molar-refractivity contribution in [3.05, 3.63) is 93.1 Å². The summed E-state index contributed by atoms with van der Waals surface area (Å²) in [5, 5.41) is 0. The molecule has 0 N–H and O–H groups in total. The number of carbonyl (C=O) groups excluding carboxylic acids is 2. The summed E-state index contributed by atoms with van der Waals surface area (Å²) in [6.45, 7) is 25.2. The summed E-state index contributed by atoms with van der Waals surface area (Å²) in [5.41, 5.74) is 6.57. The summed E-state index contributed by atoms with van der Waals surface area (Å²) in [4.78, 5) is 26.8. The Bertz CT molecular complexity index is 1160. The van der Waals surface area contributed by atoms with Gasteiger partial charge in [-0.15, -0.1) is 0 Å². The first-order valence-electron chi connectivity index (χ1n) is 13.7. The fraction of sp³-hybridized carbons (Fsp3) is 0.444.